The van der Waals surface area contributed by atoms with E-state index in [1.54, 1.807) is 7.05 Å². The number of methoxy groups -OCH3 is 1. The molecular formula is C12H17NO2. The highest BCUT2D eigenvalue weighted by Crippen LogP contribution is 2.15. The predicted octanol–water partition coefficient (Wildman–Crippen LogP) is 2.84. The second kappa shape index (κ2) is 5.39. The Morgan fingerprint density at radius 3 is 2.40 bits per heavy atom. The van der Waals surface area contributed by atoms with Crippen LogP contribution >= 0.6 is 0 Å². The van der Waals surface area contributed by atoms with E-state index in [0.717, 1.165) is 18.5 Å². The Morgan fingerprint density at radius 2 is 1.93 bits per heavy atom. The van der Waals surface area contributed by atoms with Crippen molar-refractivity contribution in [1.29, 1.82) is 0 Å². The molecule has 0 heterocycles. The third-order valence-corrected chi connectivity index (χ3v) is 2.31. The van der Waals surface area contributed by atoms with E-state index in [-0.39, 0.29) is 6.09 Å². The highest BCUT2D eigenvalue weighted by molar-refractivity contribution is 5.86. The first-order valence-corrected chi connectivity index (χ1v) is 5.09. The fraction of sp³-hybridized carbons (Fsp3) is 0.417. The van der Waals surface area contributed by atoms with Gasteiger partial charge in [0.1, 0.15) is 0 Å². The van der Waals surface area contributed by atoms with Crippen molar-refractivity contribution in [1.82, 2.24) is 0 Å². The second-order valence-corrected chi connectivity index (χ2v) is 3.45. The van der Waals surface area contributed by atoms with Gasteiger partial charge in [-0.2, -0.15) is 0 Å². The zero-order valence-corrected chi connectivity index (χ0v) is 9.49. The molecule has 0 aliphatic heterocycles. The van der Waals surface area contributed by atoms with Gasteiger partial charge >= 0.3 is 6.09 Å². The highest BCUT2D eigenvalue weighted by atomic mass is 16.5. The number of benzene rings is 1. The molecule has 0 saturated heterocycles. The lowest BCUT2D eigenvalue weighted by atomic mass is 10.1. The molecule has 1 rings (SSSR count). The van der Waals surface area contributed by atoms with Crippen molar-refractivity contribution in [2.24, 2.45) is 0 Å². The van der Waals surface area contributed by atoms with E-state index in [0.29, 0.717) is 0 Å². The van der Waals surface area contributed by atoms with Crippen molar-refractivity contribution in [2.45, 2.75) is 19.8 Å². The summed E-state index contributed by atoms with van der Waals surface area (Å²) in [6, 6.07) is 7.94. The molecule has 0 atom stereocenters. The van der Waals surface area contributed by atoms with E-state index >= 15 is 0 Å². The van der Waals surface area contributed by atoms with Crippen molar-refractivity contribution < 1.29 is 9.53 Å². The Kier molecular flexibility index (Phi) is 4.16. The first-order valence-electron chi connectivity index (χ1n) is 5.09. The largest absolute Gasteiger partial charge is 0.452 e. The summed E-state index contributed by atoms with van der Waals surface area (Å²) in [6.45, 7) is 2.15. The van der Waals surface area contributed by atoms with Crippen molar-refractivity contribution in [3.8, 4) is 0 Å². The minimum absolute atomic E-state index is 0.349. The minimum atomic E-state index is -0.349. The zero-order valence-electron chi connectivity index (χ0n) is 9.49. The molecule has 3 nitrogen and oxygen atoms in total. The minimum Gasteiger partial charge on any atom is -0.452 e. The molecule has 0 N–H and O–H groups in total. The molecule has 0 aliphatic carbocycles. The van der Waals surface area contributed by atoms with E-state index < -0.39 is 0 Å². The first kappa shape index (κ1) is 11.6. The molecule has 0 aliphatic rings. The molecule has 0 bridgehead atoms. The number of hydrogen-bond donors (Lipinski definition) is 0. The Balaban J connectivity index is 2.75. The van der Waals surface area contributed by atoms with Gasteiger partial charge in [0.25, 0.3) is 0 Å². The molecule has 15 heavy (non-hydrogen) atoms. The van der Waals surface area contributed by atoms with Gasteiger partial charge in [0.05, 0.1) is 7.11 Å². The number of aryl methyl sites for hydroxylation is 1. The van der Waals surface area contributed by atoms with Gasteiger partial charge in [-0.3, -0.25) is 4.90 Å². The number of nitrogens with zero attached hydrogens (tertiary/aromatic N) is 1. The van der Waals surface area contributed by atoms with E-state index in [4.69, 9.17) is 0 Å². The smallest absolute Gasteiger partial charge is 0.413 e. The fourth-order valence-electron chi connectivity index (χ4n) is 1.42. The normalized spacial score (nSPS) is 9.80. The van der Waals surface area contributed by atoms with Crippen LogP contribution in [0.25, 0.3) is 0 Å². The van der Waals surface area contributed by atoms with Gasteiger partial charge in [0, 0.05) is 12.7 Å². The predicted molar refractivity (Wildman–Crippen MR) is 61.2 cm³/mol. The average molecular weight is 207 g/mol. The van der Waals surface area contributed by atoms with Crippen LogP contribution in [0.4, 0.5) is 10.5 Å². The van der Waals surface area contributed by atoms with Crippen molar-refractivity contribution >= 4 is 11.8 Å². The molecule has 1 aromatic rings. The van der Waals surface area contributed by atoms with E-state index in [2.05, 4.69) is 11.7 Å². The molecule has 0 unspecified atom stereocenters. The summed E-state index contributed by atoms with van der Waals surface area (Å²) >= 11 is 0. The average Bonchev–Trinajstić information content (AvgIpc) is 2.28. The third-order valence-electron chi connectivity index (χ3n) is 2.31. The Morgan fingerprint density at radius 1 is 1.33 bits per heavy atom. The van der Waals surface area contributed by atoms with Gasteiger partial charge in [-0.15, -0.1) is 0 Å². The van der Waals surface area contributed by atoms with Crippen LogP contribution in [0.15, 0.2) is 24.3 Å². The van der Waals surface area contributed by atoms with Crippen molar-refractivity contribution in [2.75, 3.05) is 19.1 Å². The number of carbonyl (C=O) groups is 1. The topological polar surface area (TPSA) is 29.5 Å². The number of anilines is 1. The molecule has 1 aromatic carbocycles. The van der Waals surface area contributed by atoms with Crippen LogP contribution in [0.5, 0.6) is 0 Å². The maximum absolute atomic E-state index is 11.2. The van der Waals surface area contributed by atoms with Gasteiger partial charge in [0.2, 0.25) is 0 Å². The number of amides is 1. The van der Waals surface area contributed by atoms with Crippen LogP contribution in [0.2, 0.25) is 0 Å². The summed E-state index contributed by atoms with van der Waals surface area (Å²) in [7, 11) is 3.07. The summed E-state index contributed by atoms with van der Waals surface area (Å²) in [4.78, 5) is 12.7. The summed E-state index contributed by atoms with van der Waals surface area (Å²) in [6.07, 6.45) is 1.85. The first-order chi connectivity index (χ1) is 7.19. The molecule has 0 saturated carbocycles. The molecule has 82 valence electrons. The fourth-order valence-corrected chi connectivity index (χ4v) is 1.42. The van der Waals surface area contributed by atoms with Gasteiger partial charge < -0.3 is 4.74 Å². The maximum atomic E-state index is 11.2. The summed E-state index contributed by atoms with van der Waals surface area (Å²) < 4.78 is 4.63. The second-order valence-electron chi connectivity index (χ2n) is 3.45. The molecule has 1 amide bonds. The number of carbonyl (C=O) groups excluding carboxylic acids is 1. The number of hydrogen-bond acceptors (Lipinski definition) is 2. The van der Waals surface area contributed by atoms with Crippen LogP contribution in [0, 0.1) is 0 Å². The highest BCUT2D eigenvalue weighted by Gasteiger charge is 2.09. The van der Waals surface area contributed by atoms with Crippen molar-refractivity contribution in [3.05, 3.63) is 29.8 Å². The SMILES string of the molecule is CCCc1ccc(N(C)C(=O)OC)cc1. The van der Waals surface area contributed by atoms with Gasteiger partial charge in [0.15, 0.2) is 0 Å². The van der Waals surface area contributed by atoms with E-state index in [1.165, 1.54) is 17.6 Å². The molecular weight excluding hydrogens is 190 g/mol. The van der Waals surface area contributed by atoms with E-state index in [1.807, 2.05) is 24.3 Å². The van der Waals surface area contributed by atoms with E-state index in [9.17, 15) is 4.79 Å². The quantitative estimate of drug-likeness (QED) is 0.762. The lowest BCUT2D eigenvalue weighted by molar-refractivity contribution is 0.180. The summed E-state index contributed by atoms with van der Waals surface area (Å²) in [5.41, 5.74) is 2.14. The third kappa shape index (κ3) is 2.98. The lowest BCUT2D eigenvalue weighted by Crippen LogP contribution is -2.25. The van der Waals surface area contributed by atoms with Crippen LogP contribution in [-0.4, -0.2) is 20.3 Å². The standard InChI is InChI=1S/C12H17NO2/c1-4-5-10-6-8-11(9-7-10)13(2)12(14)15-3/h6-9H,4-5H2,1-3H3. The number of ether oxygens (including phenoxy) is 1. The molecule has 0 radical (unpaired) electrons. The zero-order chi connectivity index (χ0) is 11.3. The Hall–Kier alpha value is -1.51. The van der Waals surface area contributed by atoms with Gasteiger partial charge in [-0.25, -0.2) is 4.79 Å². The van der Waals surface area contributed by atoms with Gasteiger partial charge in [-0.05, 0) is 24.1 Å². The van der Waals surface area contributed by atoms with Crippen LogP contribution in [0.3, 0.4) is 0 Å². The number of rotatable bonds is 3. The van der Waals surface area contributed by atoms with Crippen LogP contribution < -0.4 is 4.90 Å². The van der Waals surface area contributed by atoms with Gasteiger partial charge in [-0.1, -0.05) is 25.5 Å². The monoisotopic (exact) mass is 207 g/mol. The summed E-state index contributed by atoms with van der Waals surface area (Å²) in [5.74, 6) is 0. The maximum Gasteiger partial charge on any atom is 0.413 e. The molecule has 3 heteroatoms. The molecule has 0 aromatic heterocycles. The molecule has 0 fully saturated rings. The van der Waals surface area contributed by atoms with Crippen LogP contribution in [-0.2, 0) is 11.2 Å². The Labute approximate surface area is 90.7 Å². The summed E-state index contributed by atoms with van der Waals surface area (Å²) in [5, 5.41) is 0. The lowest BCUT2D eigenvalue weighted by Gasteiger charge is -2.15. The van der Waals surface area contributed by atoms with Crippen LogP contribution in [0.1, 0.15) is 18.9 Å². The Bertz CT molecular complexity index is 319. The molecule has 0 spiro atoms. The van der Waals surface area contributed by atoms with Crippen molar-refractivity contribution in [3.63, 3.8) is 0 Å².